The Morgan fingerprint density at radius 3 is 2.62 bits per heavy atom. The molecule has 0 bridgehead atoms. The fourth-order valence-electron chi connectivity index (χ4n) is 2.70. The molecule has 0 heterocycles. The van der Waals surface area contributed by atoms with Gasteiger partial charge >= 0.3 is 5.97 Å². The van der Waals surface area contributed by atoms with Gasteiger partial charge in [0, 0.05) is 19.2 Å². The Morgan fingerprint density at radius 1 is 1.48 bits per heavy atom. The third-order valence-electron chi connectivity index (χ3n) is 4.45. The minimum Gasteiger partial charge on any atom is -0.477 e. The van der Waals surface area contributed by atoms with Gasteiger partial charge < -0.3 is 10.4 Å². The minimum absolute atomic E-state index is 0.218. The number of benzene rings is 1. The quantitative estimate of drug-likeness (QED) is 0.595. The maximum absolute atomic E-state index is 11.3. The van der Waals surface area contributed by atoms with Crippen molar-refractivity contribution in [3.8, 4) is 0 Å². The second-order valence-corrected chi connectivity index (χ2v) is 5.99. The van der Waals surface area contributed by atoms with Crippen LogP contribution in [0.3, 0.4) is 0 Å². The van der Waals surface area contributed by atoms with Gasteiger partial charge in [-0.05, 0) is 29.7 Å². The second kappa shape index (κ2) is 5.81. The Balaban J connectivity index is 2.11. The summed E-state index contributed by atoms with van der Waals surface area (Å²) >= 11 is 0. The number of carboxylic acids is 1. The summed E-state index contributed by atoms with van der Waals surface area (Å²) in [6.45, 7) is 5.51. The molecule has 6 nitrogen and oxygen atoms in total. The molecule has 1 fully saturated rings. The van der Waals surface area contributed by atoms with E-state index >= 15 is 0 Å². The van der Waals surface area contributed by atoms with Crippen LogP contribution in [0.4, 0.5) is 5.69 Å². The number of aromatic carboxylic acids is 1. The molecule has 2 rings (SSSR count). The van der Waals surface area contributed by atoms with Gasteiger partial charge in [-0.2, -0.15) is 0 Å². The van der Waals surface area contributed by atoms with Crippen LogP contribution in [0.1, 0.15) is 42.6 Å². The Morgan fingerprint density at radius 2 is 2.14 bits per heavy atom. The van der Waals surface area contributed by atoms with Crippen molar-refractivity contribution in [3.05, 3.63) is 39.4 Å². The fraction of sp³-hybridized carbons (Fsp3) is 0.533. The zero-order valence-electron chi connectivity index (χ0n) is 12.3. The number of carbonyl (C=O) groups is 1. The third-order valence-corrected chi connectivity index (χ3v) is 4.45. The van der Waals surface area contributed by atoms with Gasteiger partial charge in [-0.1, -0.05) is 26.0 Å². The lowest BCUT2D eigenvalue weighted by atomic mass is 9.92. The first-order chi connectivity index (χ1) is 9.87. The maximum Gasteiger partial charge on any atom is 0.343 e. The molecule has 1 aromatic rings. The van der Waals surface area contributed by atoms with Gasteiger partial charge in [0.15, 0.2) is 0 Å². The normalized spacial score (nSPS) is 16.0. The molecule has 1 aromatic carbocycles. The van der Waals surface area contributed by atoms with Crippen molar-refractivity contribution < 1.29 is 14.8 Å². The molecule has 2 N–H and O–H groups in total. The smallest absolute Gasteiger partial charge is 0.343 e. The SMILES string of the molecule is CC(C)C1(CNCc2cccc([N+](=O)[O-])c2C(=O)O)CC1. The van der Waals surface area contributed by atoms with E-state index < -0.39 is 10.9 Å². The molecule has 0 saturated heterocycles. The van der Waals surface area contributed by atoms with E-state index in [2.05, 4.69) is 19.2 Å². The zero-order chi connectivity index (χ0) is 15.6. The van der Waals surface area contributed by atoms with Gasteiger partial charge in [0.1, 0.15) is 5.56 Å². The molecule has 0 amide bonds. The Labute approximate surface area is 123 Å². The zero-order valence-corrected chi connectivity index (χ0v) is 12.3. The van der Waals surface area contributed by atoms with Crippen LogP contribution in [0.2, 0.25) is 0 Å². The molecule has 21 heavy (non-hydrogen) atoms. The molecule has 0 radical (unpaired) electrons. The minimum atomic E-state index is -1.26. The van der Waals surface area contributed by atoms with E-state index in [1.807, 2.05) is 0 Å². The molecule has 0 aromatic heterocycles. The number of carboxylic acid groups (broad SMARTS) is 1. The van der Waals surface area contributed by atoms with E-state index in [1.54, 1.807) is 6.07 Å². The van der Waals surface area contributed by atoms with Gasteiger partial charge in [-0.15, -0.1) is 0 Å². The number of nitro groups is 1. The van der Waals surface area contributed by atoms with E-state index in [0.29, 0.717) is 23.4 Å². The van der Waals surface area contributed by atoms with Crippen LogP contribution in [0.15, 0.2) is 18.2 Å². The number of rotatable bonds is 7. The van der Waals surface area contributed by atoms with Crippen LogP contribution < -0.4 is 5.32 Å². The molecule has 6 heteroatoms. The summed E-state index contributed by atoms with van der Waals surface area (Å²) < 4.78 is 0. The topological polar surface area (TPSA) is 92.5 Å². The number of hydrogen-bond acceptors (Lipinski definition) is 4. The Bertz CT molecular complexity index is 565. The van der Waals surface area contributed by atoms with Crippen LogP contribution >= 0.6 is 0 Å². The van der Waals surface area contributed by atoms with Gasteiger partial charge in [-0.3, -0.25) is 10.1 Å². The molecule has 0 aliphatic heterocycles. The van der Waals surface area contributed by atoms with Crippen molar-refractivity contribution in [1.82, 2.24) is 5.32 Å². The predicted molar refractivity (Wildman–Crippen MR) is 78.3 cm³/mol. The molecular weight excluding hydrogens is 272 g/mol. The lowest BCUT2D eigenvalue weighted by molar-refractivity contribution is -0.385. The first-order valence-corrected chi connectivity index (χ1v) is 7.08. The van der Waals surface area contributed by atoms with Crippen molar-refractivity contribution in [1.29, 1.82) is 0 Å². The highest BCUT2D eigenvalue weighted by molar-refractivity contribution is 5.94. The van der Waals surface area contributed by atoms with E-state index in [9.17, 15) is 20.0 Å². The number of nitro benzene ring substituents is 1. The highest BCUT2D eigenvalue weighted by Crippen LogP contribution is 2.51. The second-order valence-electron chi connectivity index (χ2n) is 5.99. The van der Waals surface area contributed by atoms with Crippen LogP contribution in [0.5, 0.6) is 0 Å². The molecule has 1 saturated carbocycles. The van der Waals surface area contributed by atoms with Crippen molar-refractivity contribution in [2.45, 2.75) is 33.2 Å². The molecule has 1 aliphatic rings. The first kappa shape index (κ1) is 15.4. The molecule has 114 valence electrons. The monoisotopic (exact) mass is 292 g/mol. The summed E-state index contributed by atoms with van der Waals surface area (Å²) in [5.74, 6) is -0.682. The lowest BCUT2D eigenvalue weighted by Gasteiger charge is -2.20. The summed E-state index contributed by atoms with van der Waals surface area (Å²) in [5, 5.41) is 23.4. The van der Waals surface area contributed by atoms with Crippen LogP contribution in [0, 0.1) is 21.4 Å². The maximum atomic E-state index is 11.3. The third kappa shape index (κ3) is 3.21. The highest BCUT2D eigenvalue weighted by atomic mass is 16.6. The molecular formula is C15H20N2O4. The Hall–Kier alpha value is -1.95. The van der Waals surface area contributed by atoms with Crippen molar-refractivity contribution in [3.63, 3.8) is 0 Å². The number of hydrogen-bond donors (Lipinski definition) is 2. The van der Waals surface area contributed by atoms with Gasteiger partial charge in [0.2, 0.25) is 0 Å². The Kier molecular flexibility index (Phi) is 4.27. The van der Waals surface area contributed by atoms with Crippen molar-refractivity contribution in [2.75, 3.05) is 6.54 Å². The molecule has 0 atom stereocenters. The van der Waals surface area contributed by atoms with E-state index in [0.717, 1.165) is 6.54 Å². The molecule has 0 spiro atoms. The largest absolute Gasteiger partial charge is 0.477 e. The summed E-state index contributed by atoms with van der Waals surface area (Å²) in [6, 6.07) is 4.37. The first-order valence-electron chi connectivity index (χ1n) is 7.08. The van der Waals surface area contributed by atoms with Crippen molar-refractivity contribution in [2.24, 2.45) is 11.3 Å². The summed E-state index contributed by atoms with van der Waals surface area (Å²) in [7, 11) is 0. The van der Waals surface area contributed by atoms with Crippen LogP contribution in [0.25, 0.3) is 0 Å². The molecule has 0 unspecified atom stereocenters. The lowest BCUT2D eigenvalue weighted by Crippen LogP contribution is -2.28. The van der Waals surface area contributed by atoms with Gasteiger partial charge in [0.05, 0.1) is 4.92 Å². The van der Waals surface area contributed by atoms with E-state index in [-0.39, 0.29) is 11.3 Å². The fourth-order valence-corrected chi connectivity index (χ4v) is 2.70. The highest BCUT2D eigenvalue weighted by Gasteiger charge is 2.44. The number of nitrogens with one attached hydrogen (secondary N) is 1. The molecule has 1 aliphatic carbocycles. The number of nitrogens with zero attached hydrogens (tertiary/aromatic N) is 1. The summed E-state index contributed by atoms with van der Waals surface area (Å²) in [5.41, 5.74) is 0.192. The van der Waals surface area contributed by atoms with Crippen molar-refractivity contribution >= 4 is 11.7 Å². The van der Waals surface area contributed by atoms with Gasteiger partial charge in [-0.25, -0.2) is 4.79 Å². The van der Waals surface area contributed by atoms with E-state index in [4.69, 9.17) is 0 Å². The van der Waals surface area contributed by atoms with E-state index in [1.165, 1.54) is 25.0 Å². The summed E-state index contributed by atoms with van der Waals surface area (Å²) in [6.07, 6.45) is 2.36. The average Bonchev–Trinajstić information content (AvgIpc) is 3.19. The average molecular weight is 292 g/mol. The standard InChI is InChI=1S/C15H20N2O4/c1-10(2)15(6-7-15)9-16-8-11-4-3-5-12(17(20)21)13(11)14(18)19/h3-5,10,16H,6-9H2,1-2H3,(H,18,19). The predicted octanol–water partition coefficient (Wildman–Crippen LogP) is 2.82. The van der Waals surface area contributed by atoms with Crippen LogP contribution in [-0.2, 0) is 6.54 Å². The van der Waals surface area contributed by atoms with Gasteiger partial charge in [0.25, 0.3) is 5.69 Å². The summed E-state index contributed by atoms with van der Waals surface area (Å²) in [4.78, 5) is 21.6. The van der Waals surface area contributed by atoms with Crippen LogP contribution in [-0.4, -0.2) is 22.5 Å².